The van der Waals surface area contributed by atoms with Gasteiger partial charge in [0.05, 0.1) is 6.10 Å². The molecule has 1 atom stereocenters. The van der Waals surface area contributed by atoms with E-state index in [2.05, 4.69) is 17.3 Å². The highest BCUT2D eigenvalue weighted by atomic mass is 35.5. The van der Waals surface area contributed by atoms with Crippen molar-refractivity contribution in [3.8, 4) is 0 Å². The minimum absolute atomic E-state index is 0.432. The monoisotopic (exact) mass is 268 g/mol. The number of nitrogens with zero attached hydrogens (tertiary/aromatic N) is 1. The molecule has 100 valence electrons. The lowest BCUT2D eigenvalue weighted by Crippen LogP contribution is -2.32. The summed E-state index contributed by atoms with van der Waals surface area (Å²) in [6.45, 7) is 3.88. The number of ether oxygens (including phenoxy) is 1. The Morgan fingerprint density at radius 1 is 1.50 bits per heavy atom. The van der Waals surface area contributed by atoms with E-state index < -0.39 is 0 Å². The summed E-state index contributed by atoms with van der Waals surface area (Å²) >= 11 is 5.93. The Morgan fingerprint density at radius 3 is 3.11 bits per heavy atom. The average molecular weight is 269 g/mol. The SMILES string of the molecule is CN(CCNc1cccc(Cl)c1)CC1CCCO1. The molecule has 4 heteroatoms. The summed E-state index contributed by atoms with van der Waals surface area (Å²) in [6.07, 6.45) is 2.84. The van der Waals surface area contributed by atoms with Crippen molar-refractivity contribution in [2.24, 2.45) is 0 Å². The van der Waals surface area contributed by atoms with Crippen molar-refractivity contribution in [2.75, 3.05) is 38.6 Å². The molecule has 0 bridgehead atoms. The molecule has 1 aliphatic rings. The lowest BCUT2D eigenvalue weighted by Gasteiger charge is -2.20. The molecule has 1 unspecified atom stereocenters. The average Bonchev–Trinajstić information content (AvgIpc) is 2.82. The molecule has 3 nitrogen and oxygen atoms in total. The van der Waals surface area contributed by atoms with Crippen LogP contribution < -0.4 is 5.32 Å². The molecule has 1 heterocycles. The van der Waals surface area contributed by atoms with Crippen LogP contribution in [0.25, 0.3) is 0 Å². The lowest BCUT2D eigenvalue weighted by atomic mass is 10.2. The third-order valence-electron chi connectivity index (χ3n) is 3.19. The normalized spacial score (nSPS) is 19.4. The zero-order valence-corrected chi connectivity index (χ0v) is 11.6. The molecule has 1 aliphatic heterocycles. The number of hydrogen-bond acceptors (Lipinski definition) is 3. The highest BCUT2D eigenvalue weighted by molar-refractivity contribution is 6.30. The number of nitrogens with one attached hydrogen (secondary N) is 1. The zero-order chi connectivity index (χ0) is 12.8. The van der Waals surface area contributed by atoms with Gasteiger partial charge in [-0.3, -0.25) is 0 Å². The second-order valence-electron chi connectivity index (χ2n) is 4.83. The second kappa shape index (κ2) is 6.98. The predicted octanol–water partition coefficient (Wildman–Crippen LogP) is 2.86. The minimum atomic E-state index is 0.432. The molecule has 1 aromatic rings. The van der Waals surface area contributed by atoms with Crippen LogP contribution in [0.2, 0.25) is 5.02 Å². The van der Waals surface area contributed by atoms with Crippen molar-refractivity contribution in [1.29, 1.82) is 0 Å². The summed E-state index contributed by atoms with van der Waals surface area (Å²) in [6, 6.07) is 7.82. The molecular weight excluding hydrogens is 248 g/mol. The summed E-state index contributed by atoms with van der Waals surface area (Å²) in [4.78, 5) is 2.31. The van der Waals surface area contributed by atoms with Crippen LogP contribution in [0.4, 0.5) is 5.69 Å². The van der Waals surface area contributed by atoms with Crippen molar-refractivity contribution in [3.05, 3.63) is 29.3 Å². The number of likely N-dealkylation sites (N-methyl/N-ethyl adjacent to an activating group) is 1. The van der Waals surface area contributed by atoms with E-state index in [-0.39, 0.29) is 0 Å². The Balaban J connectivity index is 1.65. The first-order valence-corrected chi connectivity index (χ1v) is 6.91. The standard InChI is InChI=1S/C14H21ClN2O/c1-17(11-14-6-3-9-18-14)8-7-16-13-5-2-4-12(15)10-13/h2,4-5,10,14,16H,3,6-9,11H2,1H3. The number of benzene rings is 1. The Morgan fingerprint density at radius 2 is 2.39 bits per heavy atom. The van der Waals surface area contributed by atoms with Gasteiger partial charge in [-0.05, 0) is 38.1 Å². The largest absolute Gasteiger partial charge is 0.384 e. The fourth-order valence-electron chi connectivity index (χ4n) is 2.22. The van der Waals surface area contributed by atoms with Crippen LogP contribution >= 0.6 is 11.6 Å². The van der Waals surface area contributed by atoms with Crippen molar-refractivity contribution >= 4 is 17.3 Å². The third-order valence-corrected chi connectivity index (χ3v) is 3.42. The Bertz CT molecular complexity index is 367. The Hall–Kier alpha value is -0.770. The van der Waals surface area contributed by atoms with E-state index in [1.165, 1.54) is 12.8 Å². The highest BCUT2D eigenvalue weighted by Gasteiger charge is 2.16. The summed E-state index contributed by atoms with van der Waals surface area (Å²) in [7, 11) is 2.14. The molecule has 1 aromatic carbocycles. The number of rotatable bonds is 6. The molecule has 0 saturated carbocycles. The number of hydrogen-bond donors (Lipinski definition) is 1. The van der Waals surface area contributed by atoms with Gasteiger partial charge in [-0.2, -0.15) is 0 Å². The fourth-order valence-corrected chi connectivity index (χ4v) is 2.41. The predicted molar refractivity (Wildman–Crippen MR) is 76.4 cm³/mol. The molecule has 1 fully saturated rings. The van der Waals surface area contributed by atoms with Gasteiger partial charge in [-0.25, -0.2) is 0 Å². The van der Waals surface area contributed by atoms with Gasteiger partial charge >= 0.3 is 0 Å². The first-order chi connectivity index (χ1) is 8.74. The quantitative estimate of drug-likeness (QED) is 0.859. The van der Waals surface area contributed by atoms with Gasteiger partial charge in [-0.1, -0.05) is 17.7 Å². The first kappa shape index (κ1) is 13.7. The van der Waals surface area contributed by atoms with Crippen molar-refractivity contribution < 1.29 is 4.74 Å². The molecule has 0 radical (unpaired) electrons. The number of anilines is 1. The summed E-state index contributed by atoms with van der Waals surface area (Å²) < 4.78 is 5.62. The third kappa shape index (κ3) is 4.48. The van der Waals surface area contributed by atoms with Crippen molar-refractivity contribution in [2.45, 2.75) is 18.9 Å². The van der Waals surface area contributed by atoms with Crippen LogP contribution in [-0.4, -0.2) is 44.3 Å². The van der Waals surface area contributed by atoms with Crippen LogP contribution in [0.5, 0.6) is 0 Å². The summed E-state index contributed by atoms with van der Waals surface area (Å²) in [5.41, 5.74) is 1.08. The van der Waals surface area contributed by atoms with E-state index in [9.17, 15) is 0 Å². The van der Waals surface area contributed by atoms with Gasteiger partial charge in [0.25, 0.3) is 0 Å². The zero-order valence-electron chi connectivity index (χ0n) is 10.9. The second-order valence-corrected chi connectivity index (χ2v) is 5.27. The van der Waals surface area contributed by atoms with Gasteiger partial charge in [-0.15, -0.1) is 0 Å². The molecular formula is C14H21ClN2O. The maximum atomic E-state index is 5.93. The molecule has 18 heavy (non-hydrogen) atoms. The molecule has 1 N–H and O–H groups in total. The van der Waals surface area contributed by atoms with Gasteiger partial charge in [0.2, 0.25) is 0 Å². The van der Waals surface area contributed by atoms with E-state index in [1.807, 2.05) is 24.3 Å². The minimum Gasteiger partial charge on any atom is -0.384 e. The first-order valence-electron chi connectivity index (χ1n) is 6.53. The van der Waals surface area contributed by atoms with Gasteiger partial charge in [0.1, 0.15) is 0 Å². The molecule has 2 rings (SSSR count). The van der Waals surface area contributed by atoms with E-state index in [1.54, 1.807) is 0 Å². The van der Waals surface area contributed by atoms with Gasteiger partial charge in [0, 0.05) is 37.0 Å². The van der Waals surface area contributed by atoms with E-state index in [4.69, 9.17) is 16.3 Å². The van der Waals surface area contributed by atoms with Crippen molar-refractivity contribution in [1.82, 2.24) is 4.90 Å². The molecule has 0 aromatic heterocycles. The molecule has 0 amide bonds. The van der Waals surface area contributed by atoms with Crippen molar-refractivity contribution in [3.63, 3.8) is 0 Å². The Kier molecular flexibility index (Phi) is 5.29. The van der Waals surface area contributed by atoms with Crippen LogP contribution in [0.3, 0.4) is 0 Å². The Labute approximate surface area is 114 Å². The van der Waals surface area contributed by atoms with Gasteiger partial charge in [0.15, 0.2) is 0 Å². The van der Waals surface area contributed by atoms with E-state index >= 15 is 0 Å². The van der Waals surface area contributed by atoms with Crippen LogP contribution in [0, 0.1) is 0 Å². The van der Waals surface area contributed by atoms with Crippen LogP contribution in [0.15, 0.2) is 24.3 Å². The summed E-state index contributed by atoms with van der Waals surface area (Å²) in [5, 5.41) is 4.15. The molecule has 0 aliphatic carbocycles. The van der Waals surface area contributed by atoms with E-state index in [0.717, 1.165) is 37.0 Å². The van der Waals surface area contributed by atoms with Gasteiger partial charge < -0.3 is 15.0 Å². The maximum Gasteiger partial charge on any atom is 0.0702 e. The number of halogens is 1. The fraction of sp³-hybridized carbons (Fsp3) is 0.571. The topological polar surface area (TPSA) is 24.5 Å². The smallest absolute Gasteiger partial charge is 0.0702 e. The van der Waals surface area contributed by atoms with E-state index in [0.29, 0.717) is 6.10 Å². The lowest BCUT2D eigenvalue weighted by molar-refractivity contribution is 0.0823. The van der Waals surface area contributed by atoms with Crippen LogP contribution in [0.1, 0.15) is 12.8 Å². The maximum absolute atomic E-state index is 5.93. The molecule has 0 spiro atoms. The summed E-state index contributed by atoms with van der Waals surface area (Å²) in [5.74, 6) is 0. The van der Waals surface area contributed by atoms with Crippen LogP contribution in [-0.2, 0) is 4.74 Å². The highest BCUT2D eigenvalue weighted by Crippen LogP contribution is 2.15. The molecule has 1 saturated heterocycles.